The van der Waals surface area contributed by atoms with Gasteiger partial charge in [0, 0.05) is 13.1 Å². The lowest BCUT2D eigenvalue weighted by molar-refractivity contribution is 0.0697. The van der Waals surface area contributed by atoms with Crippen molar-refractivity contribution in [3.05, 3.63) is 23.8 Å². The fourth-order valence-corrected chi connectivity index (χ4v) is 3.29. The molecule has 106 valence electrons. The number of hydrogen-bond donors (Lipinski definition) is 1. The molecule has 0 unspecified atom stereocenters. The van der Waals surface area contributed by atoms with Crippen molar-refractivity contribution in [3.63, 3.8) is 0 Å². The zero-order chi connectivity index (χ0) is 14.3. The number of aromatic nitrogens is 1. The summed E-state index contributed by atoms with van der Waals surface area (Å²) in [6.45, 7) is 0.669. The lowest BCUT2D eigenvalue weighted by atomic mass is 10.2. The lowest BCUT2D eigenvalue weighted by Gasteiger charge is -2.24. The normalized spacial score (nSPS) is 18.3. The maximum absolute atomic E-state index is 11.4. The van der Waals surface area contributed by atoms with E-state index in [0.29, 0.717) is 30.2 Å². The summed E-state index contributed by atoms with van der Waals surface area (Å²) in [5.41, 5.74) is 1.06. The van der Waals surface area contributed by atoms with E-state index in [-0.39, 0.29) is 17.1 Å². The van der Waals surface area contributed by atoms with Gasteiger partial charge in [-0.05, 0) is 18.2 Å². The van der Waals surface area contributed by atoms with Crippen LogP contribution in [0.15, 0.2) is 22.6 Å². The highest BCUT2D eigenvalue weighted by Crippen LogP contribution is 2.24. The predicted molar refractivity (Wildman–Crippen MR) is 71.8 cm³/mol. The maximum Gasteiger partial charge on any atom is 0.335 e. The molecule has 1 N–H and O–H groups in total. The van der Waals surface area contributed by atoms with Crippen molar-refractivity contribution in [2.75, 3.05) is 29.5 Å². The summed E-state index contributed by atoms with van der Waals surface area (Å²) in [5.74, 6) is -0.882. The Balaban J connectivity index is 1.91. The van der Waals surface area contributed by atoms with Crippen molar-refractivity contribution < 1.29 is 22.7 Å². The summed E-state index contributed by atoms with van der Waals surface area (Å²) < 4.78 is 28.3. The molecule has 0 bridgehead atoms. The molecule has 7 nitrogen and oxygen atoms in total. The molecule has 0 atom stereocenters. The van der Waals surface area contributed by atoms with E-state index in [9.17, 15) is 13.2 Å². The number of hydrogen-bond acceptors (Lipinski definition) is 6. The van der Waals surface area contributed by atoms with Gasteiger partial charge in [0.1, 0.15) is 5.52 Å². The summed E-state index contributed by atoms with van der Waals surface area (Å²) in [7, 11) is -2.96. The van der Waals surface area contributed by atoms with Gasteiger partial charge >= 0.3 is 5.97 Å². The first kappa shape index (κ1) is 12.9. The van der Waals surface area contributed by atoms with Gasteiger partial charge in [-0.1, -0.05) is 0 Å². The average Bonchev–Trinajstić information content (AvgIpc) is 2.81. The number of carboxylic acid groups (broad SMARTS) is 1. The van der Waals surface area contributed by atoms with E-state index < -0.39 is 15.8 Å². The van der Waals surface area contributed by atoms with Crippen LogP contribution in [0.4, 0.5) is 6.01 Å². The van der Waals surface area contributed by atoms with Gasteiger partial charge in [0.15, 0.2) is 15.4 Å². The predicted octanol–water partition coefficient (Wildman–Crippen LogP) is 0.761. The Labute approximate surface area is 114 Å². The second-order valence-electron chi connectivity index (χ2n) is 4.62. The summed E-state index contributed by atoms with van der Waals surface area (Å²) in [4.78, 5) is 16.9. The molecular formula is C12H12N2O5S. The highest BCUT2D eigenvalue weighted by Gasteiger charge is 2.24. The summed E-state index contributed by atoms with van der Waals surface area (Å²) in [6.07, 6.45) is 0. The number of aromatic carboxylic acids is 1. The molecule has 3 rings (SSSR count). The zero-order valence-electron chi connectivity index (χ0n) is 10.4. The van der Waals surface area contributed by atoms with Crippen LogP contribution < -0.4 is 4.90 Å². The van der Waals surface area contributed by atoms with Gasteiger partial charge in [-0.15, -0.1) is 0 Å². The van der Waals surface area contributed by atoms with Crippen molar-refractivity contribution in [1.29, 1.82) is 0 Å². The Bertz CT molecular complexity index is 766. The molecule has 0 amide bonds. The monoisotopic (exact) mass is 296 g/mol. The van der Waals surface area contributed by atoms with Crippen molar-refractivity contribution in [3.8, 4) is 0 Å². The SMILES string of the molecule is O=C(O)c1ccc2nc(N3CCS(=O)(=O)CC3)oc2c1. The third-order valence-electron chi connectivity index (χ3n) is 3.24. The van der Waals surface area contributed by atoms with E-state index in [1.165, 1.54) is 12.1 Å². The summed E-state index contributed by atoms with van der Waals surface area (Å²) >= 11 is 0. The molecule has 8 heteroatoms. The van der Waals surface area contributed by atoms with Crippen LogP contribution in [0.25, 0.3) is 11.1 Å². The highest BCUT2D eigenvalue weighted by molar-refractivity contribution is 7.91. The van der Waals surface area contributed by atoms with E-state index in [4.69, 9.17) is 9.52 Å². The summed E-state index contributed by atoms with van der Waals surface area (Å²) in [5, 5.41) is 8.92. The maximum atomic E-state index is 11.4. The second-order valence-corrected chi connectivity index (χ2v) is 6.93. The minimum Gasteiger partial charge on any atom is -0.478 e. The average molecular weight is 296 g/mol. The molecule has 0 aliphatic carbocycles. The number of sulfone groups is 1. The Kier molecular flexibility index (Phi) is 2.89. The zero-order valence-corrected chi connectivity index (χ0v) is 11.3. The van der Waals surface area contributed by atoms with Crippen LogP contribution in [-0.2, 0) is 9.84 Å². The molecule has 0 spiro atoms. The molecule has 1 aliphatic heterocycles. The van der Waals surface area contributed by atoms with E-state index in [0.717, 1.165) is 0 Å². The molecule has 1 aliphatic rings. The molecule has 0 radical (unpaired) electrons. The first-order valence-corrected chi connectivity index (χ1v) is 7.86. The fraction of sp³-hybridized carbons (Fsp3) is 0.333. The molecule has 1 aromatic carbocycles. The molecule has 1 fully saturated rings. The Morgan fingerprint density at radius 2 is 2.00 bits per heavy atom. The Morgan fingerprint density at radius 1 is 1.30 bits per heavy atom. The number of nitrogens with zero attached hydrogens (tertiary/aromatic N) is 2. The van der Waals surface area contributed by atoms with Gasteiger partial charge in [-0.2, -0.15) is 4.98 Å². The van der Waals surface area contributed by atoms with Crippen LogP contribution >= 0.6 is 0 Å². The van der Waals surface area contributed by atoms with E-state index in [2.05, 4.69) is 4.98 Å². The van der Waals surface area contributed by atoms with E-state index in [1.54, 1.807) is 11.0 Å². The fourth-order valence-electron chi connectivity index (χ4n) is 2.08. The Morgan fingerprint density at radius 3 is 2.65 bits per heavy atom. The first-order valence-electron chi connectivity index (χ1n) is 6.04. The van der Waals surface area contributed by atoms with Gasteiger partial charge in [-0.3, -0.25) is 0 Å². The molecule has 1 aromatic heterocycles. The van der Waals surface area contributed by atoms with Crippen LogP contribution in [0, 0.1) is 0 Å². The molecule has 1 saturated heterocycles. The van der Waals surface area contributed by atoms with Gasteiger partial charge in [0.2, 0.25) is 0 Å². The minimum absolute atomic E-state index is 0.0755. The molecule has 2 heterocycles. The standard InChI is InChI=1S/C12H12N2O5S/c15-11(16)8-1-2-9-10(7-8)19-12(13-9)14-3-5-20(17,18)6-4-14/h1-2,7H,3-6H2,(H,15,16). The molecule has 0 saturated carbocycles. The smallest absolute Gasteiger partial charge is 0.335 e. The highest BCUT2D eigenvalue weighted by atomic mass is 32.2. The quantitative estimate of drug-likeness (QED) is 0.873. The molecule has 20 heavy (non-hydrogen) atoms. The minimum atomic E-state index is -2.96. The number of anilines is 1. The van der Waals surface area contributed by atoms with Crippen molar-refractivity contribution in [1.82, 2.24) is 4.98 Å². The Hall–Kier alpha value is -2.09. The topological polar surface area (TPSA) is 101 Å². The van der Waals surface area contributed by atoms with Gasteiger partial charge in [0.05, 0.1) is 17.1 Å². The lowest BCUT2D eigenvalue weighted by Crippen LogP contribution is -2.40. The van der Waals surface area contributed by atoms with Gasteiger partial charge in [0.25, 0.3) is 6.01 Å². The third-order valence-corrected chi connectivity index (χ3v) is 4.85. The number of oxazole rings is 1. The van der Waals surface area contributed by atoms with E-state index in [1.807, 2.05) is 0 Å². The molecule has 2 aromatic rings. The number of fused-ring (bicyclic) bond motifs is 1. The van der Waals surface area contributed by atoms with E-state index >= 15 is 0 Å². The number of benzene rings is 1. The van der Waals surface area contributed by atoms with Crippen molar-refractivity contribution in [2.24, 2.45) is 0 Å². The van der Waals surface area contributed by atoms with Crippen LogP contribution in [0.3, 0.4) is 0 Å². The molecular weight excluding hydrogens is 284 g/mol. The van der Waals surface area contributed by atoms with Crippen LogP contribution in [-0.4, -0.2) is 49.1 Å². The first-order chi connectivity index (χ1) is 9.44. The van der Waals surface area contributed by atoms with Crippen molar-refractivity contribution in [2.45, 2.75) is 0 Å². The summed E-state index contributed by atoms with van der Waals surface area (Å²) in [6, 6.07) is 4.77. The largest absolute Gasteiger partial charge is 0.478 e. The van der Waals surface area contributed by atoms with Crippen LogP contribution in [0.2, 0.25) is 0 Å². The van der Waals surface area contributed by atoms with Gasteiger partial charge in [-0.25, -0.2) is 13.2 Å². The third kappa shape index (κ3) is 2.34. The second kappa shape index (κ2) is 4.48. The van der Waals surface area contributed by atoms with Gasteiger partial charge < -0.3 is 14.4 Å². The number of carbonyl (C=O) groups is 1. The number of carboxylic acids is 1. The van der Waals surface area contributed by atoms with Crippen LogP contribution in [0.5, 0.6) is 0 Å². The van der Waals surface area contributed by atoms with Crippen LogP contribution in [0.1, 0.15) is 10.4 Å². The number of rotatable bonds is 2. The van der Waals surface area contributed by atoms with Crippen molar-refractivity contribution >= 4 is 32.9 Å².